The molecule has 0 fully saturated rings. The second-order valence-corrected chi connectivity index (χ2v) is 8.38. The summed E-state index contributed by atoms with van der Waals surface area (Å²) in [6, 6.07) is 9.69. The maximum Gasteiger partial charge on any atom is 0.224 e. The van der Waals surface area contributed by atoms with Crippen molar-refractivity contribution in [3.63, 3.8) is 0 Å². The van der Waals surface area contributed by atoms with E-state index in [1.165, 1.54) is 22.6 Å². The summed E-state index contributed by atoms with van der Waals surface area (Å²) < 4.78 is 0. The highest BCUT2D eigenvalue weighted by Gasteiger charge is 2.18. The van der Waals surface area contributed by atoms with Crippen LogP contribution in [0, 0.1) is 6.92 Å². The second kappa shape index (κ2) is 9.15. The first-order chi connectivity index (χ1) is 13.5. The molecule has 1 N–H and O–H groups in total. The lowest BCUT2D eigenvalue weighted by Gasteiger charge is -2.17. The van der Waals surface area contributed by atoms with Gasteiger partial charge in [-0.1, -0.05) is 6.07 Å². The Hall–Kier alpha value is -2.47. The fourth-order valence-electron chi connectivity index (χ4n) is 3.41. The Morgan fingerprint density at radius 2 is 1.86 bits per heavy atom. The summed E-state index contributed by atoms with van der Waals surface area (Å²) in [5.41, 5.74) is 3.25. The number of benzene rings is 1. The Bertz CT molecular complexity index is 888. The number of carbonyl (C=O) groups is 3. The molecule has 1 aliphatic heterocycles. The largest absolute Gasteiger partial charge is 0.371 e. The summed E-state index contributed by atoms with van der Waals surface area (Å²) in [5.74, 6) is -0.230. The normalized spacial score (nSPS) is 12.7. The van der Waals surface area contributed by atoms with Crippen molar-refractivity contribution in [3.05, 3.63) is 45.6 Å². The molecule has 2 aromatic rings. The first-order valence-corrected chi connectivity index (χ1v) is 10.6. The molecule has 0 spiro atoms. The van der Waals surface area contributed by atoms with Crippen molar-refractivity contribution in [2.75, 3.05) is 23.3 Å². The number of hydrogen-bond donors (Lipinski definition) is 1. The van der Waals surface area contributed by atoms with Gasteiger partial charge in [0.2, 0.25) is 5.91 Å². The van der Waals surface area contributed by atoms with Gasteiger partial charge in [-0.25, -0.2) is 0 Å². The summed E-state index contributed by atoms with van der Waals surface area (Å²) in [5, 5.41) is 2.88. The lowest BCUT2D eigenvalue weighted by atomic mass is 10.1. The maximum atomic E-state index is 12.2. The van der Waals surface area contributed by atoms with E-state index in [-0.39, 0.29) is 43.2 Å². The molecule has 0 atom stereocenters. The number of carbonyl (C=O) groups excluding carboxylic acids is 3. The number of amides is 1. The summed E-state index contributed by atoms with van der Waals surface area (Å²) in [6.07, 6.45) is 1.73. The zero-order valence-electron chi connectivity index (χ0n) is 16.4. The molecule has 28 heavy (non-hydrogen) atoms. The molecular weight excluding hydrogens is 372 g/mol. The maximum absolute atomic E-state index is 12.2. The number of Topliss-reactive ketones (excluding diaryl/α,β-unsaturated/α-hetero) is 2. The van der Waals surface area contributed by atoms with Crippen LogP contribution in [0.4, 0.5) is 11.4 Å². The molecule has 0 aliphatic carbocycles. The lowest BCUT2D eigenvalue weighted by Crippen LogP contribution is -2.19. The number of rotatable bonds is 9. The first kappa shape index (κ1) is 20.3. The number of thiophene rings is 1. The molecule has 1 aromatic heterocycles. The van der Waals surface area contributed by atoms with E-state index >= 15 is 0 Å². The highest BCUT2D eigenvalue weighted by Crippen LogP contribution is 2.30. The van der Waals surface area contributed by atoms with Gasteiger partial charge >= 0.3 is 0 Å². The number of nitrogens with one attached hydrogen (secondary N) is 1. The second-order valence-electron chi connectivity index (χ2n) is 7.09. The molecule has 1 aromatic carbocycles. The zero-order valence-corrected chi connectivity index (χ0v) is 17.2. The monoisotopic (exact) mass is 398 g/mol. The van der Waals surface area contributed by atoms with Crippen molar-refractivity contribution >= 4 is 40.2 Å². The SMILES string of the molecule is CCN1CCc2ccc(NC(=O)CCC(=O)CCC(=O)c3ccc(C)s3)cc21. The van der Waals surface area contributed by atoms with E-state index in [0.717, 1.165) is 30.1 Å². The van der Waals surface area contributed by atoms with Crippen LogP contribution < -0.4 is 10.2 Å². The quantitative estimate of drug-likeness (QED) is 0.636. The number of ketones is 2. The molecule has 1 amide bonds. The van der Waals surface area contributed by atoms with Gasteiger partial charge in [0.15, 0.2) is 5.78 Å². The van der Waals surface area contributed by atoms with Crippen LogP contribution in [0.3, 0.4) is 0 Å². The van der Waals surface area contributed by atoms with Crippen LogP contribution in [-0.2, 0) is 16.0 Å². The van der Waals surface area contributed by atoms with Crippen molar-refractivity contribution < 1.29 is 14.4 Å². The molecular formula is C22H26N2O3S. The van der Waals surface area contributed by atoms with E-state index in [2.05, 4.69) is 23.2 Å². The summed E-state index contributed by atoms with van der Waals surface area (Å²) in [6.45, 7) is 6.03. The number of aryl methyl sites for hydroxylation is 1. The minimum atomic E-state index is -0.172. The molecule has 0 radical (unpaired) electrons. The van der Waals surface area contributed by atoms with Crippen LogP contribution in [0.25, 0.3) is 0 Å². The van der Waals surface area contributed by atoms with Crippen LogP contribution in [0.5, 0.6) is 0 Å². The Morgan fingerprint density at radius 1 is 1.07 bits per heavy atom. The van der Waals surface area contributed by atoms with E-state index in [0.29, 0.717) is 4.88 Å². The average Bonchev–Trinajstić information content (AvgIpc) is 3.30. The van der Waals surface area contributed by atoms with Crippen LogP contribution in [0.1, 0.15) is 52.7 Å². The van der Waals surface area contributed by atoms with E-state index in [9.17, 15) is 14.4 Å². The Labute approximate surface area is 169 Å². The van der Waals surface area contributed by atoms with Crippen LogP contribution in [0.2, 0.25) is 0 Å². The predicted molar refractivity (Wildman–Crippen MR) is 114 cm³/mol. The standard InChI is InChI=1S/C22H26N2O3S/c1-3-24-13-12-16-5-6-17(14-19(16)24)23-22(27)11-8-18(25)7-9-20(26)21-10-4-15(2)28-21/h4-6,10,14H,3,7-9,11-13H2,1-2H3,(H,23,27). The molecule has 1 aliphatic rings. The van der Waals surface area contributed by atoms with Crippen molar-refractivity contribution in [1.82, 2.24) is 0 Å². The molecule has 0 saturated carbocycles. The summed E-state index contributed by atoms with van der Waals surface area (Å²) in [7, 11) is 0. The third-order valence-electron chi connectivity index (χ3n) is 5.02. The average molecular weight is 399 g/mol. The van der Waals surface area contributed by atoms with Gasteiger partial charge < -0.3 is 10.2 Å². The molecule has 148 valence electrons. The number of hydrogen-bond acceptors (Lipinski definition) is 5. The molecule has 0 bridgehead atoms. The fourth-order valence-corrected chi connectivity index (χ4v) is 4.25. The lowest BCUT2D eigenvalue weighted by molar-refractivity contribution is -0.122. The topological polar surface area (TPSA) is 66.5 Å². The van der Waals surface area contributed by atoms with Gasteiger partial charge in [-0.3, -0.25) is 14.4 Å². The van der Waals surface area contributed by atoms with Crippen molar-refractivity contribution in [1.29, 1.82) is 0 Å². The Balaban J connectivity index is 1.43. The van der Waals surface area contributed by atoms with Gasteiger partial charge in [0.05, 0.1) is 4.88 Å². The van der Waals surface area contributed by atoms with E-state index in [1.807, 2.05) is 25.1 Å². The van der Waals surface area contributed by atoms with Gasteiger partial charge in [0, 0.05) is 55.0 Å². The first-order valence-electron chi connectivity index (χ1n) is 9.75. The van der Waals surface area contributed by atoms with Crippen LogP contribution >= 0.6 is 11.3 Å². The van der Waals surface area contributed by atoms with E-state index in [4.69, 9.17) is 0 Å². The number of fused-ring (bicyclic) bond motifs is 1. The fraction of sp³-hybridized carbons (Fsp3) is 0.409. The molecule has 5 nitrogen and oxygen atoms in total. The Kier molecular flexibility index (Phi) is 6.62. The van der Waals surface area contributed by atoms with Gasteiger partial charge in [0.1, 0.15) is 5.78 Å². The van der Waals surface area contributed by atoms with Crippen LogP contribution in [0.15, 0.2) is 30.3 Å². The van der Waals surface area contributed by atoms with Gasteiger partial charge in [0.25, 0.3) is 0 Å². The summed E-state index contributed by atoms with van der Waals surface area (Å²) in [4.78, 5) is 40.4. The minimum absolute atomic E-state index is 0.00507. The summed E-state index contributed by atoms with van der Waals surface area (Å²) >= 11 is 1.45. The Morgan fingerprint density at radius 3 is 2.57 bits per heavy atom. The van der Waals surface area contributed by atoms with Gasteiger partial charge in [-0.15, -0.1) is 11.3 Å². The predicted octanol–water partition coefficient (Wildman–Crippen LogP) is 4.39. The number of likely N-dealkylation sites (N-methyl/N-ethyl adjacent to an activating group) is 1. The molecule has 6 heteroatoms. The van der Waals surface area contributed by atoms with Crippen LogP contribution in [-0.4, -0.2) is 30.6 Å². The number of nitrogens with zero attached hydrogens (tertiary/aromatic N) is 1. The third kappa shape index (κ3) is 5.07. The minimum Gasteiger partial charge on any atom is -0.371 e. The number of anilines is 2. The molecule has 0 unspecified atom stereocenters. The molecule has 2 heterocycles. The van der Waals surface area contributed by atoms with Gasteiger partial charge in [-0.2, -0.15) is 0 Å². The van der Waals surface area contributed by atoms with Gasteiger partial charge in [-0.05, 0) is 50.1 Å². The third-order valence-corrected chi connectivity index (χ3v) is 6.06. The van der Waals surface area contributed by atoms with E-state index in [1.54, 1.807) is 6.07 Å². The highest BCUT2D eigenvalue weighted by atomic mass is 32.1. The molecule has 3 rings (SSSR count). The van der Waals surface area contributed by atoms with Crippen molar-refractivity contribution in [3.8, 4) is 0 Å². The van der Waals surface area contributed by atoms with Crippen molar-refractivity contribution in [2.24, 2.45) is 0 Å². The molecule has 0 saturated heterocycles. The highest BCUT2D eigenvalue weighted by molar-refractivity contribution is 7.14. The van der Waals surface area contributed by atoms with Crippen molar-refractivity contribution in [2.45, 2.75) is 46.0 Å². The smallest absolute Gasteiger partial charge is 0.224 e. The van der Waals surface area contributed by atoms with E-state index < -0.39 is 0 Å². The zero-order chi connectivity index (χ0) is 20.1.